The Labute approximate surface area is 103 Å². The quantitative estimate of drug-likeness (QED) is 0.748. The van der Waals surface area contributed by atoms with Gasteiger partial charge in [-0.15, -0.1) is 0 Å². The molecule has 2 heterocycles. The minimum atomic E-state index is -1.04. The second-order valence-corrected chi connectivity index (χ2v) is 3.90. The number of hydrogen-bond acceptors (Lipinski definition) is 5. The molecule has 18 heavy (non-hydrogen) atoms. The number of primary amides is 1. The number of carboxylic acid groups (broad SMARTS) is 1. The molecule has 1 amide bonds. The van der Waals surface area contributed by atoms with Crippen molar-refractivity contribution in [3.05, 3.63) is 23.9 Å². The van der Waals surface area contributed by atoms with Gasteiger partial charge in [0.1, 0.15) is 11.9 Å². The minimum absolute atomic E-state index is 0.0997. The molecule has 7 heteroatoms. The first-order chi connectivity index (χ1) is 8.59. The molecule has 0 saturated carbocycles. The van der Waals surface area contributed by atoms with E-state index in [-0.39, 0.29) is 12.2 Å². The number of hydrogen-bond donors (Lipinski definition) is 2. The molecule has 96 valence electrons. The third-order valence-electron chi connectivity index (χ3n) is 2.75. The Bertz CT molecular complexity index is 460. The van der Waals surface area contributed by atoms with Gasteiger partial charge in [-0.05, 0) is 12.1 Å². The molecule has 1 unspecified atom stereocenters. The summed E-state index contributed by atoms with van der Waals surface area (Å²) in [4.78, 5) is 27.8. The molecule has 1 fully saturated rings. The first-order valence-electron chi connectivity index (χ1n) is 5.42. The van der Waals surface area contributed by atoms with Crippen LogP contribution >= 0.6 is 0 Å². The lowest BCUT2D eigenvalue weighted by atomic mass is 10.2. The van der Waals surface area contributed by atoms with Gasteiger partial charge in [-0.2, -0.15) is 0 Å². The van der Waals surface area contributed by atoms with Crippen molar-refractivity contribution in [2.24, 2.45) is 5.73 Å². The lowest BCUT2D eigenvalue weighted by Gasteiger charge is -2.34. The van der Waals surface area contributed by atoms with Gasteiger partial charge in [0.15, 0.2) is 0 Å². The van der Waals surface area contributed by atoms with Gasteiger partial charge < -0.3 is 20.5 Å². The highest BCUT2D eigenvalue weighted by molar-refractivity contribution is 5.87. The molecule has 0 spiro atoms. The summed E-state index contributed by atoms with van der Waals surface area (Å²) in [7, 11) is 0. The van der Waals surface area contributed by atoms with Crippen LogP contribution in [0.4, 0.5) is 5.82 Å². The maximum absolute atomic E-state index is 11.3. The topological polar surface area (TPSA) is 106 Å². The number of rotatable bonds is 3. The molecule has 1 aliphatic rings. The van der Waals surface area contributed by atoms with Crippen LogP contribution in [0.3, 0.4) is 0 Å². The number of ether oxygens (including phenoxy) is 1. The van der Waals surface area contributed by atoms with Crippen LogP contribution in [0.25, 0.3) is 0 Å². The Balaban J connectivity index is 2.23. The van der Waals surface area contributed by atoms with Gasteiger partial charge >= 0.3 is 5.97 Å². The van der Waals surface area contributed by atoms with Gasteiger partial charge in [0, 0.05) is 12.7 Å². The summed E-state index contributed by atoms with van der Waals surface area (Å²) in [5.74, 6) is -1.01. The van der Waals surface area contributed by atoms with E-state index in [0.717, 1.165) is 0 Å². The Kier molecular flexibility index (Phi) is 3.42. The van der Waals surface area contributed by atoms with Gasteiger partial charge in [-0.25, -0.2) is 9.78 Å². The van der Waals surface area contributed by atoms with E-state index in [0.29, 0.717) is 19.0 Å². The predicted octanol–water partition coefficient (Wildman–Crippen LogP) is -0.530. The average molecular weight is 251 g/mol. The minimum Gasteiger partial charge on any atom is -0.478 e. The zero-order valence-electron chi connectivity index (χ0n) is 9.57. The van der Waals surface area contributed by atoms with E-state index in [1.165, 1.54) is 12.3 Å². The Morgan fingerprint density at radius 3 is 2.83 bits per heavy atom. The van der Waals surface area contributed by atoms with E-state index in [4.69, 9.17) is 15.6 Å². The Morgan fingerprint density at radius 2 is 2.28 bits per heavy atom. The maximum atomic E-state index is 11.3. The summed E-state index contributed by atoms with van der Waals surface area (Å²) in [5, 5.41) is 8.78. The predicted molar refractivity (Wildman–Crippen MR) is 62.3 cm³/mol. The number of nitrogens with zero attached hydrogens (tertiary/aromatic N) is 2. The number of amides is 1. The van der Waals surface area contributed by atoms with Gasteiger partial charge in [0.2, 0.25) is 5.91 Å². The fraction of sp³-hybridized carbons (Fsp3) is 0.364. The monoisotopic (exact) mass is 251 g/mol. The summed E-state index contributed by atoms with van der Waals surface area (Å²) in [6.45, 7) is 1.19. The van der Waals surface area contributed by atoms with E-state index < -0.39 is 17.9 Å². The van der Waals surface area contributed by atoms with Crippen LogP contribution in [-0.4, -0.2) is 47.8 Å². The molecule has 1 atom stereocenters. The number of carbonyl (C=O) groups is 2. The maximum Gasteiger partial charge on any atom is 0.337 e. The number of nitrogens with two attached hydrogens (primary N) is 1. The van der Waals surface area contributed by atoms with E-state index in [1.807, 2.05) is 0 Å². The summed E-state index contributed by atoms with van der Waals surface area (Å²) >= 11 is 0. The molecule has 0 aliphatic carbocycles. The fourth-order valence-electron chi connectivity index (χ4n) is 1.80. The molecule has 0 bridgehead atoms. The van der Waals surface area contributed by atoms with E-state index in [1.54, 1.807) is 11.0 Å². The van der Waals surface area contributed by atoms with Crippen LogP contribution in [0.2, 0.25) is 0 Å². The molecule has 7 nitrogen and oxygen atoms in total. The van der Waals surface area contributed by atoms with Crippen LogP contribution in [0, 0.1) is 0 Å². The lowest BCUT2D eigenvalue weighted by Crippen LogP contribution is -2.53. The van der Waals surface area contributed by atoms with Crippen molar-refractivity contribution in [3.8, 4) is 0 Å². The zero-order chi connectivity index (χ0) is 13.1. The van der Waals surface area contributed by atoms with Gasteiger partial charge in [-0.1, -0.05) is 0 Å². The number of pyridine rings is 1. The van der Waals surface area contributed by atoms with Crippen molar-refractivity contribution in [2.75, 3.05) is 24.7 Å². The lowest BCUT2D eigenvalue weighted by molar-refractivity contribution is -0.121. The summed E-state index contributed by atoms with van der Waals surface area (Å²) in [6, 6.07) is 2.44. The largest absolute Gasteiger partial charge is 0.478 e. The smallest absolute Gasteiger partial charge is 0.337 e. The van der Waals surface area contributed by atoms with Crippen LogP contribution in [0.15, 0.2) is 18.3 Å². The molecular weight excluding hydrogens is 238 g/mol. The summed E-state index contributed by atoms with van der Waals surface area (Å²) < 4.78 is 5.19. The van der Waals surface area contributed by atoms with Crippen LogP contribution in [0.1, 0.15) is 10.4 Å². The van der Waals surface area contributed by atoms with E-state index in [2.05, 4.69) is 4.98 Å². The molecular formula is C11H13N3O4. The number of carboxylic acids is 1. The van der Waals surface area contributed by atoms with Crippen molar-refractivity contribution < 1.29 is 19.4 Å². The molecule has 2 rings (SSSR count). The zero-order valence-corrected chi connectivity index (χ0v) is 9.57. The molecule has 1 saturated heterocycles. The Hall–Kier alpha value is -2.15. The molecule has 0 aromatic carbocycles. The number of aromatic carboxylic acids is 1. The highest BCUT2D eigenvalue weighted by atomic mass is 16.5. The SMILES string of the molecule is NC(=O)C1COCCN1c1ccc(C(=O)O)cn1. The van der Waals surface area contributed by atoms with Crippen molar-refractivity contribution in [1.29, 1.82) is 0 Å². The third-order valence-corrected chi connectivity index (χ3v) is 2.75. The second-order valence-electron chi connectivity index (χ2n) is 3.90. The van der Waals surface area contributed by atoms with Crippen molar-refractivity contribution >= 4 is 17.7 Å². The van der Waals surface area contributed by atoms with Gasteiger partial charge in [-0.3, -0.25) is 4.79 Å². The van der Waals surface area contributed by atoms with Crippen LogP contribution in [-0.2, 0) is 9.53 Å². The van der Waals surface area contributed by atoms with Crippen molar-refractivity contribution in [3.63, 3.8) is 0 Å². The average Bonchev–Trinajstić information content (AvgIpc) is 2.39. The number of carbonyl (C=O) groups excluding carboxylic acids is 1. The van der Waals surface area contributed by atoms with Gasteiger partial charge in [0.25, 0.3) is 0 Å². The highest BCUT2D eigenvalue weighted by Gasteiger charge is 2.28. The standard InChI is InChI=1S/C11H13N3O4/c12-10(15)8-6-18-4-3-14(8)9-2-1-7(5-13-9)11(16)17/h1-2,5,8H,3-4,6H2,(H2,12,15)(H,16,17). The first-order valence-corrected chi connectivity index (χ1v) is 5.42. The Morgan fingerprint density at radius 1 is 1.50 bits per heavy atom. The van der Waals surface area contributed by atoms with Crippen molar-refractivity contribution in [1.82, 2.24) is 4.98 Å². The number of aromatic nitrogens is 1. The first kappa shape index (κ1) is 12.3. The van der Waals surface area contributed by atoms with Gasteiger partial charge in [0.05, 0.1) is 18.8 Å². The number of anilines is 1. The van der Waals surface area contributed by atoms with Crippen molar-refractivity contribution in [2.45, 2.75) is 6.04 Å². The fourth-order valence-corrected chi connectivity index (χ4v) is 1.80. The normalized spacial score (nSPS) is 19.6. The summed E-state index contributed by atoms with van der Waals surface area (Å²) in [6.07, 6.45) is 1.26. The molecule has 3 N–H and O–H groups in total. The van der Waals surface area contributed by atoms with E-state index in [9.17, 15) is 9.59 Å². The summed E-state index contributed by atoms with van der Waals surface area (Å²) in [5.41, 5.74) is 5.39. The molecule has 1 aromatic rings. The highest BCUT2D eigenvalue weighted by Crippen LogP contribution is 2.17. The van der Waals surface area contributed by atoms with Crippen LogP contribution in [0.5, 0.6) is 0 Å². The van der Waals surface area contributed by atoms with Crippen LogP contribution < -0.4 is 10.6 Å². The third kappa shape index (κ3) is 2.40. The molecule has 1 aromatic heterocycles. The molecule has 1 aliphatic heterocycles. The molecule has 0 radical (unpaired) electrons. The van der Waals surface area contributed by atoms with E-state index >= 15 is 0 Å². The number of morpholine rings is 1. The second kappa shape index (κ2) is 5.01.